The predicted octanol–water partition coefficient (Wildman–Crippen LogP) is 3.98. The summed E-state index contributed by atoms with van der Waals surface area (Å²) in [6, 6.07) is 14.0. The summed E-state index contributed by atoms with van der Waals surface area (Å²) >= 11 is 6.16. The second-order valence-corrected chi connectivity index (χ2v) is 6.59. The number of anilines is 1. The van der Waals surface area contributed by atoms with Crippen LogP contribution in [0.5, 0.6) is 0 Å². The molecule has 4 rings (SSSR count). The third-order valence-corrected chi connectivity index (χ3v) is 5.00. The molecule has 1 aromatic heterocycles. The monoisotopic (exact) mass is 339 g/mol. The molecule has 1 amide bonds. The molecule has 0 saturated heterocycles. The van der Waals surface area contributed by atoms with Crippen molar-refractivity contribution in [2.24, 2.45) is 0 Å². The van der Waals surface area contributed by atoms with Crippen molar-refractivity contribution in [3.8, 4) is 0 Å². The summed E-state index contributed by atoms with van der Waals surface area (Å²) in [7, 11) is 0. The first-order valence-electron chi connectivity index (χ1n) is 8.14. The van der Waals surface area contributed by atoms with Crippen LogP contribution in [0, 0.1) is 6.92 Å². The molecule has 0 unspecified atom stereocenters. The van der Waals surface area contributed by atoms with Gasteiger partial charge in [0.1, 0.15) is 0 Å². The number of carbonyl (C=O) groups excluding carboxylic acids is 1. The maximum Gasteiger partial charge on any atom is 0.229 e. The zero-order valence-corrected chi connectivity index (χ0v) is 14.3. The number of halogens is 1. The maximum atomic E-state index is 12.6. The van der Waals surface area contributed by atoms with E-state index in [4.69, 9.17) is 11.6 Å². The van der Waals surface area contributed by atoms with E-state index in [1.165, 1.54) is 0 Å². The topological polar surface area (TPSA) is 38.1 Å². The molecule has 1 aliphatic heterocycles. The van der Waals surface area contributed by atoms with Crippen LogP contribution in [0.4, 0.5) is 5.95 Å². The molecule has 0 atom stereocenters. The van der Waals surface area contributed by atoms with Crippen molar-refractivity contribution in [1.82, 2.24) is 9.55 Å². The van der Waals surface area contributed by atoms with E-state index in [2.05, 4.69) is 9.55 Å². The van der Waals surface area contributed by atoms with Crippen LogP contribution in [0.2, 0.25) is 5.02 Å². The van der Waals surface area contributed by atoms with Crippen molar-refractivity contribution in [2.75, 3.05) is 11.4 Å². The number of rotatable bonds is 3. The van der Waals surface area contributed by atoms with Crippen LogP contribution in [-0.4, -0.2) is 22.0 Å². The van der Waals surface area contributed by atoms with Crippen molar-refractivity contribution in [3.63, 3.8) is 0 Å². The summed E-state index contributed by atoms with van der Waals surface area (Å²) in [4.78, 5) is 19.1. The van der Waals surface area contributed by atoms with Gasteiger partial charge in [0.05, 0.1) is 11.0 Å². The largest absolute Gasteiger partial charge is 0.308 e. The lowest BCUT2D eigenvalue weighted by molar-refractivity contribution is -0.118. The highest BCUT2D eigenvalue weighted by Crippen LogP contribution is 2.28. The lowest BCUT2D eigenvalue weighted by Gasteiger charge is -2.14. The van der Waals surface area contributed by atoms with Crippen molar-refractivity contribution in [2.45, 2.75) is 26.3 Å². The smallest absolute Gasteiger partial charge is 0.229 e. The predicted molar refractivity (Wildman–Crippen MR) is 96.6 cm³/mol. The fourth-order valence-corrected chi connectivity index (χ4v) is 3.41. The summed E-state index contributed by atoms with van der Waals surface area (Å²) in [6.07, 6.45) is 1.15. The Morgan fingerprint density at radius 2 is 2.04 bits per heavy atom. The van der Waals surface area contributed by atoms with Gasteiger partial charge in [0.15, 0.2) is 0 Å². The van der Waals surface area contributed by atoms with Gasteiger partial charge in [-0.3, -0.25) is 9.69 Å². The minimum atomic E-state index is 0.112. The van der Waals surface area contributed by atoms with Gasteiger partial charge in [-0.1, -0.05) is 35.9 Å². The van der Waals surface area contributed by atoms with Crippen molar-refractivity contribution in [1.29, 1.82) is 0 Å². The number of benzene rings is 2. The summed E-state index contributed by atoms with van der Waals surface area (Å²) < 4.78 is 2.12. The zero-order valence-electron chi connectivity index (χ0n) is 13.5. The second-order valence-electron chi connectivity index (χ2n) is 6.18. The van der Waals surface area contributed by atoms with Crippen LogP contribution in [0.25, 0.3) is 11.0 Å². The lowest BCUT2D eigenvalue weighted by atomic mass is 10.1. The average Bonchev–Trinajstić information content (AvgIpc) is 3.14. The van der Waals surface area contributed by atoms with Crippen molar-refractivity contribution in [3.05, 3.63) is 58.6 Å². The molecule has 0 fully saturated rings. The molecule has 122 valence electrons. The highest BCUT2D eigenvalue weighted by atomic mass is 35.5. The van der Waals surface area contributed by atoms with Crippen LogP contribution >= 0.6 is 11.6 Å². The minimum absolute atomic E-state index is 0.112. The Morgan fingerprint density at radius 3 is 2.88 bits per heavy atom. The van der Waals surface area contributed by atoms with E-state index in [9.17, 15) is 4.79 Å². The third kappa shape index (κ3) is 2.57. The zero-order chi connectivity index (χ0) is 16.7. The van der Waals surface area contributed by atoms with Gasteiger partial charge in [-0.05, 0) is 42.7 Å². The molecule has 0 saturated carbocycles. The average molecular weight is 340 g/mol. The molecule has 0 N–H and O–H groups in total. The Hall–Kier alpha value is -2.33. The molecule has 0 spiro atoms. The van der Waals surface area contributed by atoms with E-state index in [0.717, 1.165) is 39.7 Å². The summed E-state index contributed by atoms with van der Waals surface area (Å²) in [5.41, 5.74) is 4.18. The minimum Gasteiger partial charge on any atom is -0.308 e. The normalized spacial score (nSPS) is 13.5. The van der Waals surface area contributed by atoms with E-state index in [1.807, 2.05) is 49.4 Å². The molecule has 2 heterocycles. The van der Waals surface area contributed by atoms with Gasteiger partial charge in [-0.2, -0.15) is 0 Å². The number of aromatic nitrogens is 2. The molecule has 0 bridgehead atoms. The third-order valence-electron chi connectivity index (χ3n) is 4.59. The van der Waals surface area contributed by atoms with Crippen LogP contribution < -0.4 is 4.90 Å². The molecule has 1 aliphatic rings. The Labute approximate surface area is 145 Å². The van der Waals surface area contributed by atoms with E-state index < -0.39 is 0 Å². The van der Waals surface area contributed by atoms with Gasteiger partial charge < -0.3 is 4.57 Å². The Balaban J connectivity index is 1.51. The molecular formula is C19H18ClN3O. The van der Waals surface area contributed by atoms with Gasteiger partial charge in [0, 0.05) is 24.5 Å². The standard InChI is InChI=1S/C19H18ClN3O/c1-13-6-7-14(12-15(13)20)8-9-18(24)23-11-10-22-17-5-3-2-4-16(17)21-19(22)23/h2-7,12H,8-11H2,1H3. The SMILES string of the molecule is Cc1ccc(CCC(=O)N2CCn3c2nc2ccccc23)cc1Cl. The van der Waals surface area contributed by atoms with Gasteiger partial charge in [-0.15, -0.1) is 0 Å². The number of imidazole rings is 1. The van der Waals surface area contributed by atoms with Crippen molar-refractivity contribution >= 4 is 34.5 Å². The molecule has 3 aromatic rings. The number of amides is 1. The van der Waals surface area contributed by atoms with E-state index in [-0.39, 0.29) is 5.91 Å². The van der Waals surface area contributed by atoms with E-state index in [1.54, 1.807) is 4.90 Å². The quantitative estimate of drug-likeness (QED) is 0.724. The van der Waals surface area contributed by atoms with E-state index >= 15 is 0 Å². The van der Waals surface area contributed by atoms with E-state index in [0.29, 0.717) is 19.4 Å². The number of aryl methyl sites for hydroxylation is 2. The summed E-state index contributed by atoms with van der Waals surface area (Å²) in [6.45, 7) is 3.48. The van der Waals surface area contributed by atoms with Crippen molar-refractivity contribution < 1.29 is 4.79 Å². The second kappa shape index (κ2) is 5.95. The van der Waals surface area contributed by atoms with Gasteiger partial charge in [0.25, 0.3) is 0 Å². The van der Waals surface area contributed by atoms with Gasteiger partial charge >= 0.3 is 0 Å². The molecule has 0 aliphatic carbocycles. The Kier molecular flexibility index (Phi) is 3.77. The molecule has 4 nitrogen and oxygen atoms in total. The molecular weight excluding hydrogens is 322 g/mol. The number of nitrogens with zero attached hydrogens (tertiary/aromatic N) is 3. The first-order chi connectivity index (χ1) is 11.6. The van der Waals surface area contributed by atoms with Crippen LogP contribution in [-0.2, 0) is 17.8 Å². The number of hydrogen-bond acceptors (Lipinski definition) is 2. The summed E-state index contributed by atoms with van der Waals surface area (Å²) in [5, 5.41) is 0.753. The first kappa shape index (κ1) is 15.2. The van der Waals surface area contributed by atoms with Crippen LogP contribution in [0.15, 0.2) is 42.5 Å². The number of fused-ring (bicyclic) bond motifs is 3. The Morgan fingerprint density at radius 1 is 1.21 bits per heavy atom. The fourth-order valence-electron chi connectivity index (χ4n) is 3.20. The number of para-hydroxylation sites is 2. The van der Waals surface area contributed by atoms with Crippen LogP contribution in [0.1, 0.15) is 17.5 Å². The van der Waals surface area contributed by atoms with Crippen LogP contribution in [0.3, 0.4) is 0 Å². The molecule has 5 heteroatoms. The maximum absolute atomic E-state index is 12.6. The summed E-state index contributed by atoms with van der Waals surface area (Å²) in [5.74, 6) is 0.879. The molecule has 24 heavy (non-hydrogen) atoms. The number of carbonyl (C=O) groups is 1. The highest BCUT2D eigenvalue weighted by Gasteiger charge is 2.27. The molecule has 2 aromatic carbocycles. The van der Waals surface area contributed by atoms with Gasteiger partial charge in [-0.25, -0.2) is 4.98 Å². The highest BCUT2D eigenvalue weighted by molar-refractivity contribution is 6.31. The Bertz CT molecular complexity index is 932. The number of hydrogen-bond donors (Lipinski definition) is 0. The lowest BCUT2D eigenvalue weighted by Crippen LogP contribution is -2.29. The fraction of sp³-hybridized carbons (Fsp3) is 0.263. The first-order valence-corrected chi connectivity index (χ1v) is 8.52. The molecule has 0 radical (unpaired) electrons. The van der Waals surface area contributed by atoms with Gasteiger partial charge in [0.2, 0.25) is 11.9 Å².